The Balaban J connectivity index is 1.62. The Morgan fingerprint density at radius 3 is 2.63 bits per heavy atom. The fourth-order valence-electron chi connectivity index (χ4n) is 3.36. The zero-order valence-electron chi connectivity index (χ0n) is 15.3. The van der Waals surface area contributed by atoms with E-state index in [0.717, 1.165) is 24.2 Å². The number of carbonyl (C=O) groups excluding carboxylic acids is 2. The molecule has 0 unspecified atom stereocenters. The number of hydrogen-bond acceptors (Lipinski definition) is 3. The predicted octanol–water partition coefficient (Wildman–Crippen LogP) is 3.83. The molecule has 1 atom stereocenters. The van der Waals surface area contributed by atoms with Crippen LogP contribution in [0.5, 0.6) is 5.75 Å². The van der Waals surface area contributed by atoms with E-state index in [1.165, 1.54) is 0 Å². The van der Waals surface area contributed by atoms with Gasteiger partial charge in [-0.1, -0.05) is 35.9 Å². The molecule has 1 aliphatic rings. The van der Waals surface area contributed by atoms with Gasteiger partial charge in [0.2, 0.25) is 5.91 Å². The van der Waals surface area contributed by atoms with Crippen molar-refractivity contribution in [1.29, 1.82) is 0 Å². The molecule has 0 radical (unpaired) electrons. The van der Waals surface area contributed by atoms with Crippen molar-refractivity contribution in [2.24, 2.45) is 0 Å². The zero-order chi connectivity index (χ0) is 19.2. The predicted molar refractivity (Wildman–Crippen MR) is 105 cm³/mol. The van der Waals surface area contributed by atoms with Crippen molar-refractivity contribution < 1.29 is 14.3 Å². The summed E-state index contributed by atoms with van der Waals surface area (Å²) in [5.41, 5.74) is 1.46. The zero-order valence-corrected chi connectivity index (χ0v) is 16.0. The molecule has 0 aliphatic carbocycles. The lowest BCUT2D eigenvalue weighted by Crippen LogP contribution is -2.39. The van der Waals surface area contributed by atoms with Gasteiger partial charge in [0.1, 0.15) is 5.75 Å². The molecule has 27 heavy (non-hydrogen) atoms. The van der Waals surface area contributed by atoms with Crippen LogP contribution in [0.2, 0.25) is 5.02 Å². The van der Waals surface area contributed by atoms with E-state index in [0.29, 0.717) is 23.7 Å². The van der Waals surface area contributed by atoms with Gasteiger partial charge in [-0.15, -0.1) is 0 Å². The largest absolute Gasteiger partial charge is 0.494 e. The Hall–Kier alpha value is -2.53. The Kier molecular flexibility index (Phi) is 6.35. The molecule has 2 aromatic rings. The average molecular weight is 387 g/mol. The number of halogens is 1. The first-order valence-electron chi connectivity index (χ1n) is 9.15. The lowest BCUT2D eigenvalue weighted by Gasteiger charge is -2.25. The van der Waals surface area contributed by atoms with E-state index in [1.54, 1.807) is 24.3 Å². The van der Waals surface area contributed by atoms with Crippen molar-refractivity contribution >= 4 is 23.4 Å². The quantitative estimate of drug-likeness (QED) is 0.820. The molecule has 1 fully saturated rings. The number of amides is 2. The highest BCUT2D eigenvalue weighted by atomic mass is 35.5. The standard InChI is InChI=1S/C21H23ClN2O3/c1-2-27-16-11-9-15(10-12-16)19-8-5-13-24(19)20(25)14-23-21(26)17-6-3-4-7-18(17)22/h3-4,6-7,9-12,19H,2,5,8,13-14H2,1H3,(H,23,26)/t19-/m1/s1. The van der Waals surface area contributed by atoms with E-state index >= 15 is 0 Å². The lowest BCUT2D eigenvalue weighted by atomic mass is 10.0. The summed E-state index contributed by atoms with van der Waals surface area (Å²) in [5.74, 6) is 0.390. The summed E-state index contributed by atoms with van der Waals surface area (Å²) in [6.45, 7) is 3.22. The fraction of sp³-hybridized carbons (Fsp3) is 0.333. The Morgan fingerprint density at radius 2 is 1.93 bits per heavy atom. The Morgan fingerprint density at radius 1 is 1.19 bits per heavy atom. The third-order valence-corrected chi connectivity index (χ3v) is 5.00. The van der Waals surface area contributed by atoms with Gasteiger partial charge in [-0.2, -0.15) is 0 Å². The molecule has 0 aromatic heterocycles. The Labute approximate surface area is 164 Å². The first-order chi connectivity index (χ1) is 13.1. The summed E-state index contributed by atoms with van der Waals surface area (Å²) in [6.07, 6.45) is 1.86. The maximum atomic E-state index is 12.7. The van der Waals surface area contributed by atoms with Crippen LogP contribution in [0.25, 0.3) is 0 Å². The van der Waals surface area contributed by atoms with E-state index in [4.69, 9.17) is 16.3 Å². The minimum absolute atomic E-state index is 0.0328. The number of nitrogens with zero attached hydrogens (tertiary/aromatic N) is 1. The van der Waals surface area contributed by atoms with Crippen LogP contribution in [0.1, 0.15) is 41.7 Å². The number of ether oxygens (including phenoxy) is 1. The van der Waals surface area contributed by atoms with E-state index in [1.807, 2.05) is 36.1 Å². The summed E-state index contributed by atoms with van der Waals surface area (Å²) in [4.78, 5) is 26.8. The third-order valence-electron chi connectivity index (χ3n) is 4.67. The molecule has 1 N–H and O–H groups in total. The molecule has 1 saturated heterocycles. The van der Waals surface area contributed by atoms with Gasteiger partial charge in [0.25, 0.3) is 5.91 Å². The molecule has 3 rings (SSSR count). The van der Waals surface area contributed by atoms with Gasteiger partial charge < -0.3 is 15.0 Å². The van der Waals surface area contributed by atoms with Gasteiger partial charge in [-0.05, 0) is 49.6 Å². The van der Waals surface area contributed by atoms with Crippen LogP contribution in [-0.4, -0.2) is 36.4 Å². The van der Waals surface area contributed by atoms with Gasteiger partial charge in [-0.25, -0.2) is 0 Å². The van der Waals surface area contributed by atoms with Gasteiger partial charge >= 0.3 is 0 Å². The molecule has 1 aliphatic heterocycles. The maximum absolute atomic E-state index is 12.7. The second-order valence-electron chi connectivity index (χ2n) is 6.41. The summed E-state index contributed by atoms with van der Waals surface area (Å²) in [6, 6.07) is 14.7. The number of hydrogen-bond donors (Lipinski definition) is 1. The SMILES string of the molecule is CCOc1ccc([C@H]2CCCN2C(=O)CNC(=O)c2ccccc2Cl)cc1. The first kappa shape index (κ1) is 19.2. The number of nitrogens with one attached hydrogen (secondary N) is 1. The molecule has 0 spiro atoms. The van der Waals surface area contributed by atoms with Crippen molar-refractivity contribution in [1.82, 2.24) is 10.2 Å². The average Bonchev–Trinajstić information content (AvgIpc) is 3.17. The summed E-state index contributed by atoms with van der Waals surface area (Å²) in [5, 5.41) is 3.05. The summed E-state index contributed by atoms with van der Waals surface area (Å²) in [7, 11) is 0. The molecule has 2 amide bonds. The molecule has 0 saturated carbocycles. The van der Waals surface area contributed by atoms with Crippen LogP contribution in [0.4, 0.5) is 0 Å². The number of likely N-dealkylation sites (tertiary alicyclic amines) is 1. The number of benzene rings is 2. The van der Waals surface area contributed by atoms with Gasteiger partial charge in [0.15, 0.2) is 0 Å². The van der Waals surface area contributed by atoms with Crippen LogP contribution >= 0.6 is 11.6 Å². The van der Waals surface area contributed by atoms with Crippen molar-refractivity contribution in [3.8, 4) is 5.75 Å². The van der Waals surface area contributed by atoms with E-state index in [9.17, 15) is 9.59 Å². The van der Waals surface area contributed by atoms with Crippen LogP contribution in [0.15, 0.2) is 48.5 Å². The van der Waals surface area contributed by atoms with Gasteiger partial charge in [0.05, 0.1) is 29.8 Å². The second-order valence-corrected chi connectivity index (χ2v) is 6.82. The lowest BCUT2D eigenvalue weighted by molar-refractivity contribution is -0.131. The topological polar surface area (TPSA) is 58.6 Å². The van der Waals surface area contributed by atoms with E-state index < -0.39 is 0 Å². The van der Waals surface area contributed by atoms with Gasteiger partial charge in [-0.3, -0.25) is 9.59 Å². The monoisotopic (exact) mass is 386 g/mol. The molecule has 5 nitrogen and oxygen atoms in total. The molecule has 0 bridgehead atoms. The molecule has 142 valence electrons. The highest BCUT2D eigenvalue weighted by Gasteiger charge is 2.30. The second kappa shape index (κ2) is 8.91. The van der Waals surface area contributed by atoms with Crippen molar-refractivity contribution in [2.75, 3.05) is 19.7 Å². The smallest absolute Gasteiger partial charge is 0.253 e. The highest BCUT2D eigenvalue weighted by molar-refractivity contribution is 6.33. The first-order valence-corrected chi connectivity index (χ1v) is 9.53. The van der Waals surface area contributed by atoms with Crippen LogP contribution in [0, 0.1) is 0 Å². The minimum Gasteiger partial charge on any atom is -0.494 e. The molecule has 1 heterocycles. The van der Waals surface area contributed by atoms with Crippen LogP contribution < -0.4 is 10.1 Å². The third kappa shape index (κ3) is 4.61. The maximum Gasteiger partial charge on any atom is 0.253 e. The summed E-state index contributed by atoms with van der Waals surface area (Å²) < 4.78 is 5.48. The highest BCUT2D eigenvalue weighted by Crippen LogP contribution is 2.32. The minimum atomic E-state index is -0.342. The molecular formula is C21H23ClN2O3. The van der Waals surface area contributed by atoms with Crippen molar-refractivity contribution in [2.45, 2.75) is 25.8 Å². The summed E-state index contributed by atoms with van der Waals surface area (Å²) >= 11 is 6.03. The normalized spacial score (nSPS) is 16.2. The number of carbonyl (C=O) groups is 2. The van der Waals surface area contributed by atoms with Gasteiger partial charge in [0, 0.05) is 6.54 Å². The number of rotatable bonds is 6. The molecular weight excluding hydrogens is 364 g/mol. The van der Waals surface area contributed by atoms with E-state index in [2.05, 4.69) is 5.32 Å². The van der Waals surface area contributed by atoms with Crippen molar-refractivity contribution in [3.05, 3.63) is 64.7 Å². The van der Waals surface area contributed by atoms with Crippen LogP contribution in [0.3, 0.4) is 0 Å². The van der Waals surface area contributed by atoms with Crippen LogP contribution in [-0.2, 0) is 4.79 Å². The van der Waals surface area contributed by atoms with E-state index in [-0.39, 0.29) is 24.4 Å². The molecule has 6 heteroatoms. The molecule has 2 aromatic carbocycles. The Bertz CT molecular complexity index is 807. The fourth-order valence-corrected chi connectivity index (χ4v) is 3.58. The van der Waals surface area contributed by atoms with Crippen molar-refractivity contribution in [3.63, 3.8) is 0 Å².